The molecule has 1 aromatic rings. The van der Waals surface area contributed by atoms with E-state index in [9.17, 15) is 19.5 Å². The van der Waals surface area contributed by atoms with Crippen LogP contribution >= 0.6 is 11.6 Å². The van der Waals surface area contributed by atoms with Gasteiger partial charge in [0.15, 0.2) is 0 Å². The standard InChI is InChI=1S/C20H24ClN3O4/c1-5-9(3)24-17(26)13-14(18(24)27)20(23-15(13)10(4)25)11-6-8(2)7-12(21)16(11)22-19(20)28/h6-7,9-10,13-15,23,25H,5H2,1-4H3,(H,22,28)/p+1/t9-,10+,13-,14-,15+,20+/m0/s1. The van der Waals surface area contributed by atoms with Crippen molar-refractivity contribution in [1.82, 2.24) is 4.90 Å². The molecule has 0 aliphatic carbocycles. The molecule has 28 heavy (non-hydrogen) atoms. The quantitative estimate of drug-likeness (QED) is 0.637. The summed E-state index contributed by atoms with van der Waals surface area (Å²) in [6, 6.07) is 2.75. The van der Waals surface area contributed by atoms with Crippen molar-refractivity contribution in [1.29, 1.82) is 0 Å². The zero-order valence-corrected chi connectivity index (χ0v) is 17.1. The van der Waals surface area contributed by atoms with Crippen LogP contribution in [-0.2, 0) is 19.9 Å². The van der Waals surface area contributed by atoms with Crippen LogP contribution in [0.2, 0.25) is 5.02 Å². The van der Waals surface area contributed by atoms with Crippen LogP contribution in [0.4, 0.5) is 5.69 Å². The minimum absolute atomic E-state index is 0.262. The monoisotopic (exact) mass is 406 g/mol. The molecule has 0 radical (unpaired) electrons. The van der Waals surface area contributed by atoms with Gasteiger partial charge in [-0.25, -0.2) is 0 Å². The van der Waals surface area contributed by atoms with Gasteiger partial charge in [-0.05, 0) is 44.9 Å². The molecule has 2 fully saturated rings. The highest BCUT2D eigenvalue weighted by Gasteiger charge is 2.75. The fourth-order valence-corrected chi connectivity index (χ4v) is 5.48. The zero-order chi connectivity index (χ0) is 20.5. The molecule has 2 saturated heterocycles. The first kappa shape index (κ1) is 19.4. The lowest BCUT2D eigenvalue weighted by atomic mass is 9.76. The fraction of sp³-hybridized carbons (Fsp3) is 0.550. The third-order valence-electron chi connectivity index (χ3n) is 6.63. The second kappa shape index (κ2) is 6.27. The largest absolute Gasteiger partial charge is 0.387 e. The zero-order valence-electron chi connectivity index (χ0n) is 16.3. The maximum absolute atomic E-state index is 13.4. The van der Waals surface area contributed by atoms with Crippen LogP contribution in [0, 0.1) is 18.8 Å². The maximum atomic E-state index is 13.4. The van der Waals surface area contributed by atoms with Gasteiger partial charge in [-0.2, -0.15) is 0 Å². The van der Waals surface area contributed by atoms with Gasteiger partial charge in [-0.1, -0.05) is 18.5 Å². The molecular weight excluding hydrogens is 382 g/mol. The van der Waals surface area contributed by atoms with E-state index in [-0.39, 0.29) is 23.8 Å². The summed E-state index contributed by atoms with van der Waals surface area (Å²) in [4.78, 5) is 41.2. The number of carbonyl (C=O) groups excluding carboxylic acids is 3. The summed E-state index contributed by atoms with van der Waals surface area (Å²) in [7, 11) is 0. The van der Waals surface area contributed by atoms with E-state index in [2.05, 4.69) is 5.32 Å². The van der Waals surface area contributed by atoms with Gasteiger partial charge >= 0.3 is 0 Å². The Hall–Kier alpha value is -1.96. The molecule has 0 aromatic heterocycles. The number of likely N-dealkylation sites (tertiary alicyclic amines) is 1. The van der Waals surface area contributed by atoms with Crippen LogP contribution in [0.15, 0.2) is 12.1 Å². The van der Waals surface area contributed by atoms with E-state index in [1.165, 1.54) is 4.90 Å². The number of fused-ring (bicyclic) bond motifs is 4. The Morgan fingerprint density at radius 1 is 1.29 bits per heavy atom. The van der Waals surface area contributed by atoms with Crippen LogP contribution < -0.4 is 10.6 Å². The first-order valence-electron chi connectivity index (χ1n) is 9.68. The van der Waals surface area contributed by atoms with Gasteiger partial charge < -0.3 is 15.7 Å². The van der Waals surface area contributed by atoms with Gasteiger partial charge in [0, 0.05) is 11.6 Å². The number of aliphatic hydroxyl groups is 1. The van der Waals surface area contributed by atoms with Gasteiger partial charge in [0.1, 0.15) is 24.0 Å². The van der Waals surface area contributed by atoms with E-state index in [4.69, 9.17) is 11.6 Å². The van der Waals surface area contributed by atoms with Crippen molar-refractivity contribution in [3.8, 4) is 0 Å². The number of amides is 3. The number of aryl methyl sites for hydroxylation is 1. The Morgan fingerprint density at radius 2 is 1.96 bits per heavy atom. The second-order valence-corrected chi connectivity index (χ2v) is 8.69. The lowest BCUT2D eigenvalue weighted by Crippen LogP contribution is -3.00. The van der Waals surface area contributed by atoms with E-state index in [0.717, 1.165) is 5.56 Å². The van der Waals surface area contributed by atoms with E-state index in [1.54, 1.807) is 18.3 Å². The summed E-state index contributed by atoms with van der Waals surface area (Å²) in [5.41, 5.74) is 0.667. The minimum Gasteiger partial charge on any atom is -0.387 e. The number of quaternary nitrogens is 1. The van der Waals surface area contributed by atoms with Crippen molar-refractivity contribution in [3.63, 3.8) is 0 Å². The van der Waals surface area contributed by atoms with E-state index < -0.39 is 29.5 Å². The van der Waals surface area contributed by atoms with Gasteiger partial charge in [-0.15, -0.1) is 0 Å². The number of nitrogens with zero attached hydrogens (tertiary/aromatic N) is 1. The molecule has 3 heterocycles. The predicted octanol–water partition coefficient (Wildman–Crippen LogP) is 0.522. The van der Waals surface area contributed by atoms with E-state index >= 15 is 0 Å². The van der Waals surface area contributed by atoms with Gasteiger partial charge in [-0.3, -0.25) is 19.3 Å². The number of halogens is 1. The van der Waals surface area contributed by atoms with Crippen molar-refractivity contribution in [2.24, 2.45) is 11.8 Å². The number of imide groups is 1. The summed E-state index contributed by atoms with van der Waals surface area (Å²) < 4.78 is 0. The number of nitrogens with two attached hydrogens (primary N) is 1. The highest BCUT2D eigenvalue weighted by atomic mass is 35.5. The molecule has 3 amide bonds. The Balaban J connectivity index is 1.94. The number of carbonyl (C=O) groups is 3. The molecule has 6 atom stereocenters. The smallest absolute Gasteiger partial charge is 0.291 e. The summed E-state index contributed by atoms with van der Waals surface area (Å²) >= 11 is 6.37. The first-order valence-corrected chi connectivity index (χ1v) is 10.1. The number of aliphatic hydroxyl groups excluding tert-OH is 1. The van der Waals surface area contributed by atoms with Crippen LogP contribution in [0.5, 0.6) is 0 Å². The summed E-state index contributed by atoms with van der Waals surface area (Å²) in [5.74, 6) is -2.63. The number of hydrogen-bond donors (Lipinski definition) is 3. The fourth-order valence-electron chi connectivity index (χ4n) is 5.16. The maximum Gasteiger partial charge on any atom is 0.291 e. The lowest BCUT2D eigenvalue weighted by molar-refractivity contribution is -0.738. The van der Waals surface area contributed by atoms with Crippen molar-refractivity contribution >= 4 is 35.0 Å². The molecule has 0 bridgehead atoms. The summed E-state index contributed by atoms with van der Waals surface area (Å²) in [6.45, 7) is 7.20. The summed E-state index contributed by atoms with van der Waals surface area (Å²) in [5, 5.41) is 15.3. The van der Waals surface area contributed by atoms with Crippen molar-refractivity contribution < 1.29 is 24.8 Å². The molecule has 150 valence electrons. The third kappa shape index (κ3) is 2.27. The number of anilines is 1. The molecule has 8 heteroatoms. The minimum atomic E-state index is -1.30. The Bertz CT molecular complexity index is 902. The Kier molecular flexibility index (Phi) is 4.34. The van der Waals surface area contributed by atoms with Crippen molar-refractivity contribution in [3.05, 3.63) is 28.3 Å². The molecule has 4 rings (SSSR count). The van der Waals surface area contributed by atoms with Crippen molar-refractivity contribution in [2.75, 3.05) is 5.32 Å². The molecule has 7 nitrogen and oxygen atoms in total. The molecule has 0 unspecified atom stereocenters. The average molecular weight is 407 g/mol. The molecule has 3 aliphatic rings. The average Bonchev–Trinajstić information content (AvgIpc) is 3.21. The third-order valence-corrected chi connectivity index (χ3v) is 6.93. The Morgan fingerprint density at radius 3 is 2.57 bits per heavy atom. The molecule has 1 spiro atoms. The topological polar surface area (TPSA) is 103 Å². The van der Waals surface area contributed by atoms with E-state index in [1.807, 2.05) is 26.8 Å². The summed E-state index contributed by atoms with van der Waals surface area (Å²) in [6.07, 6.45) is -0.238. The predicted molar refractivity (Wildman–Crippen MR) is 102 cm³/mol. The van der Waals surface area contributed by atoms with Crippen LogP contribution in [0.3, 0.4) is 0 Å². The van der Waals surface area contributed by atoms with E-state index in [0.29, 0.717) is 22.7 Å². The van der Waals surface area contributed by atoms with Crippen LogP contribution in [-0.4, -0.2) is 45.9 Å². The number of benzene rings is 1. The van der Waals surface area contributed by atoms with Crippen molar-refractivity contribution in [2.45, 2.75) is 57.8 Å². The Labute approximate surface area is 168 Å². The van der Waals surface area contributed by atoms with Gasteiger partial charge in [0.25, 0.3) is 5.91 Å². The number of nitrogens with one attached hydrogen (secondary N) is 1. The molecule has 4 N–H and O–H groups in total. The molecule has 0 saturated carbocycles. The lowest BCUT2D eigenvalue weighted by Gasteiger charge is -2.29. The molecule has 1 aromatic carbocycles. The van der Waals surface area contributed by atoms with Crippen LogP contribution in [0.1, 0.15) is 38.3 Å². The highest BCUT2D eigenvalue weighted by molar-refractivity contribution is 6.35. The number of hydrogen-bond acceptors (Lipinski definition) is 4. The second-order valence-electron chi connectivity index (χ2n) is 8.28. The van der Waals surface area contributed by atoms with Gasteiger partial charge in [0.05, 0.1) is 10.7 Å². The van der Waals surface area contributed by atoms with Gasteiger partial charge in [0.2, 0.25) is 17.4 Å². The molecule has 3 aliphatic heterocycles. The number of rotatable bonds is 3. The SMILES string of the molecule is CC[C@H](C)N1C(=O)[C@@H]2[C@@H]([C@@H](C)O)[NH2+][C@@]3(C(=O)Nc4c(Cl)cc(C)cc43)[C@@H]2C1=O. The molecular formula is C20H25ClN3O4+. The highest BCUT2D eigenvalue weighted by Crippen LogP contribution is 2.51. The van der Waals surface area contributed by atoms with Crippen LogP contribution in [0.25, 0.3) is 0 Å². The normalized spacial score (nSPS) is 33.3. The first-order chi connectivity index (χ1) is 13.1.